The summed E-state index contributed by atoms with van der Waals surface area (Å²) < 4.78 is 2.36. The summed E-state index contributed by atoms with van der Waals surface area (Å²) in [6.07, 6.45) is 8.20. The van der Waals surface area contributed by atoms with E-state index in [1.165, 1.54) is 43.6 Å². The van der Waals surface area contributed by atoms with Gasteiger partial charge >= 0.3 is 0 Å². The Balaban J connectivity index is 2.09. The molecule has 16 heavy (non-hydrogen) atoms. The van der Waals surface area contributed by atoms with Gasteiger partial charge in [-0.2, -0.15) is 0 Å². The third-order valence-electron chi connectivity index (χ3n) is 4.13. The topological polar surface area (TPSA) is 34.9 Å². The van der Waals surface area contributed by atoms with Crippen LogP contribution in [0.25, 0.3) is 0 Å². The Bertz CT molecular complexity index is 418. The van der Waals surface area contributed by atoms with Crippen LogP contribution in [-0.2, 0) is 6.42 Å². The lowest BCUT2D eigenvalue weighted by Gasteiger charge is -2.30. The van der Waals surface area contributed by atoms with Gasteiger partial charge in [0.15, 0.2) is 6.29 Å². The van der Waals surface area contributed by atoms with Crippen molar-refractivity contribution in [3.63, 3.8) is 0 Å². The van der Waals surface area contributed by atoms with Crippen molar-refractivity contribution in [3.8, 4) is 0 Å². The number of hydrogen-bond donors (Lipinski definition) is 0. The Kier molecular flexibility index (Phi) is 2.34. The maximum absolute atomic E-state index is 11.1. The molecule has 2 heterocycles. The monoisotopic (exact) mass is 218 g/mol. The molecule has 0 spiro atoms. The molecule has 0 N–H and O–H groups in total. The SMILES string of the molecule is CC1CCCc2c(C=O)nc(C3CCC3)n21. The van der Waals surface area contributed by atoms with E-state index in [1.807, 2.05) is 0 Å². The van der Waals surface area contributed by atoms with E-state index >= 15 is 0 Å². The van der Waals surface area contributed by atoms with Crippen molar-refractivity contribution in [2.24, 2.45) is 0 Å². The van der Waals surface area contributed by atoms with Gasteiger partial charge in [0.1, 0.15) is 11.5 Å². The minimum atomic E-state index is 0.528. The highest BCUT2D eigenvalue weighted by Crippen LogP contribution is 2.39. The van der Waals surface area contributed by atoms with Crippen molar-refractivity contribution >= 4 is 6.29 Å². The number of carbonyl (C=O) groups is 1. The fraction of sp³-hybridized carbons (Fsp3) is 0.692. The molecule has 86 valence electrons. The molecule has 2 aliphatic rings. The third kappa shape index (κ3) is 1.34. The molecule has 1 fully saturated rings. The van der Waals surface area contributed by atoms with Crippen LogP contribution in [0.1, 0.15) is 73.0 Å². The molecule has 0 radical (unpaired) electrons. The Morgan fingerprint density at radius 3 is 2.75 bits per heavy atom. The first-order valence-electron chi connectivity index (χ1n) is 6.37. The zero-order valence-electron chi connectivity index (χ0n) is 9.78. The van der Waals surface area contributed by atoms with Gasteiger partial charge in [0.2, 0.25) is 0 Å². The Morgan fingerprint density at radius 2 is 2.12 bits per heavy atom. The minimum absolute atomic E-state index is 0.528. The fourth-order valence-corrected chi connectivity index (χ4v) is 2.99. The van der Waals surface area contributed by atoms with Gasteiger partial charge in [-0.25, -0.2) is 4.98 Å². The molecular weight excluding hydrogens is 200 g/mol. The molecule has 0 saturated heterocycles. The highest BCUT2D eigenvalue weighted by molar-refractivity contribution is 5.74. The second-order valence-corrected chi connectivity index (χ2v) is 5.16. The molecule has 1 atom stereocenters. The molecule has 1 aromatic rings. The second kappa shape index (κ2) is 3.72. The van der Waals surface area contributed by atoms with Crippen molar-refractivity contribution < 1.29 is 4.79 Å². The van der Waals surface area contributed by atoms with Gasteiger partial charge in [-0.3, -0.25) is 4.79 Å². The Hall–Kier alpha value is -1.12. The summed E-state index contributed by atoms with van der Waals surface area (Å²) in [7, 11) is 0. The van der Waals surface area contributed by atoms with Gasteiger partial charge in [-0.05, 0) is 39.0 Å². The molecule has 1 aliphatic carbocycles. The van der Waals surface area contributed by atoms with E-state index in [9.17, 15) is 4.79 Å². The zero-order chi connectivity index (χ0) is 11.1. The molecule has 0 amide bonds. The lowest BCUT2D eigenvalue weighted by Crippen LogP contribution is -2.22. The van der Waals surface area contributed by atoms with Crippen LogP contribution in [0.4, 0.5) is 0 Å². The number of rotatable bonds is 2. The molecular formula is C13H18N2O. The van der Waals surface area contributed by atoms with Crippen molar-refractivity contribution in [3.05, 3.63) is 17.2 Å². The van der Waals surface area contributed by atoms with Gasteiger partial charge < -0.3 is 4.57 Å². The Labute approximate surface area is 95.9 Å². The van der Waals surface area contributed by atoms with Gasteiger partial charge in [-0.1, -0.05) is 6.42 Å². The smallest absolute Gasteiger partial charge is 0.170 e. The number of fused-ring (bicyclic) bond motifs is 1. The van der Waals surface area contributed by atoms with E-state index in [2.05, 4.69) is 16.5 Å². The molecule has 3 rings (SSSR count). The number of aldehydes is 1. The lowest BCUT2D eigenvalue weighted by molar-refractivity contribution is 0.111. The lowest BCUT2D eigenvalue weighted by atomic mass is 9.84. The summed E-state index contributed by atoms with van der Waals surface area (Å²) in [5.74, 6) is 1.81. The van der Waals surface area contributed by atoms with Gasteiger partial charge in [0, 0.05) is 17.7 Å². The normalized spacial score (nSPS) is 24.9. The molecule has 3 heteroatoms. The number of carbonyl (C=O) groups excluding carboxylic acids is 1. The van der Waals surface area contributed by atoms with Gasteiger partial charge in [-0.15, -0.1) is 0 Å². The summed E-state index contributed by atoms with van der Waals surface area (Å²) >= 11 is 0. The van der Waals surface area contributed by atoms with E-state index in [4.69, 9.17) is 0 Å². The largest absolute Gasteiger partial charge is 0.328 e. The molecule has 0 aromatic carbocycles. The van der Waals surface area contributed by atoms with E-state index < -0.39 is 0 Å². The first kappa shape index (κ1) is 10.1. The van der Waals surface area contributed by atoms with E-state index in [0.717, 1.165) is 12.7 Å². The first-order chi connectivity index (χ1) is 7.81. The van der Waals surface area contributed by atoms with Crippen LogP contribution in [0.5, 0.6) is 0 Å². The standard InChI is InChI=1S/C13H18N2O/c1-9-4-2-7-12-11(8-16)14-13(15(9)12)10-5-3-6-10/h8-10H,2-7H2,1H3. The molecule has 1 aromatic heterocycles. The predicted octanol–water partition coefficient (Wildman–Crippen LogP) is 2.86. The summed E-state index contributed by atoms with van der Waals surface area (Å²) in [5.41, 5.74) is 1.89. The van der Waals surface area contributed by atoms with Crippen LogP contribution >= 0.6 is 0 Å². The molecule has 3 nitrogen and oxygen atoms in total. The van der Waals surface area contributed by atoms with Crippen LogP contribution in [0.15, 0.2) is 0 Å². The van der Waals surface area contributed by atoms with Crippen molar-refractivity contribution in [2.75, 3.05) is 0 Å². The van der Waals surface area contributed by atoms with Crippen LogP contribution < -0.4 is 0 Å². The zero-order valence-corrected chi connectivity index (χ0v) is 9.78. The highest BCUT2D eigenvalue weighted by atomic mass is 16.1. The molecule has 1 unspecified atom stereocenters. The van der Waals surface area contributed by atoms with E-state index in [1.54, 1.807) is 0 Å². The van der Waals surface area contributed by atoms with E-state index in [-0.39, 0.29) is 0 Å². The molecule has 1 saturated carbocycles. The van der Waals surface area contributed by atoms with Crippen LogP contribution in [0.2, 0.25) is 0 Å². The summed E-state index contributed by atoms with van der Waals surface area (Å²) in [6.45, 7) is 2.25. The fourth-order valence-electron chi connectivity index (χ4n) is 2.99. The van der Waals surface area contributed by atoms with Crippen LogP contribution in [0.3, 0.4) is 0 Å². The van der Waals surface area contributed by atoms with Crippen LogP contribution in [-0.4, -0.2) is 15.8 Å². The second-order valence-electron chi connectivity index (χ2n) is 5.16. The molecule has 0 bridgehead atoms. The average molecular weight is 218 g/mol. The summed E-state index contributed by atoms with van der Waals surface area (Å²) in [6, 6.07) is 0.528. The van der Waals surface area contributed by atoms with Crippen molar-refractivity contribution in [2.45, 2.75) is 57.4 Å². The van der Waals surface area contributed by atoms with E-state index in [0.29, 0.717) is 17.7 Å². The quantitative estimate of drug-likeness (QED) is 0.715. The predicted molar refractivity (Wildman–Crippen MR) is 61.9 cm³/mol. The number of nitrogens with zero attached hydrogens (tertiary/aromatic N) is 2. The molecule has 1 aliphatic heterocycles. The van der Waals surface area contributed by atoms with Gasteiger partial charge in [0.25, 0.3) is 0 Å². The number of imidazole rings is 1. The summed E-state index contributed by atoms with van der Waals surface area (Å²) in [4.78, 5) is 15.6. The first-order valence-corrected chi connectivity index (χ1v) is 6.37. The maximum Gasteiger partial charge on any atom is 0.170 e. The van der Waals surface area contributed by atoms with Crippen molar-refractivity contribution in [1.82, 2.24) is 9.55 Å². The number of hydrogen-bond acceptors (Lipinski definition) is 2. The average Bonchev–Trinajstić information content (AvgIpc) is 2.56. The van der Waals surface area contributed by atoms with Gasteiger partial charge in [0.05, 0.1) is 0 Å². The third-order valence-corrected chi connectivity index (χ3v) is 4.13. The number of aromatic nitrogens is 2. The van der Waals surface area contributed by atoms with Crippen molar-refractivity contribution in [1.29, 1.82) is 0 Å². The highest BCUT2D eigenvalue weighted by Gasteiger charge is 2.30. The minimum Gasteiger partial charge on any atom is -0.328 e. The maximum atomic E-state index is 11.1. The van der Waals surface area contributed by atoms with Crippen LogP contribution in [0, 0.1) is 0 Å². The Morgan fingerprint density at radius 1 is 1.31 bits per heavy atom. The summed E-state index contributed by atoms with van der Waals surface area (Å²) in [5, 5.41) is 0.